The summed E-state index contributed by atoms with van der Waals surface area (Å²) in [6.07, 6.45) is 6.25. The van der Waals surface area contributed by atoms with Gasteiger partial charge in [-0.2, -0.15) is 5.10 Å². The van der Waals surface area contributed by atoms with Crippen LogP contribution < -0.4 is 16.6 Å². The molecule has 178 valence electrons. The van der Waals surface area contributed by atoms with Gasteiger partial charge in [0.15, 0.2) is 16.5 Å². The Labute approximate surface area is 209 Å². The number of hydrogen-bond acceptors (Lipinski definition) is 8. The van der Waals surface area contributed by atoms with Crippen LogP contribution >= 0.6 is 11.3 Å². The van der Waals surface area contributed by atoms with E-state index in [4.69, 9.17) is 10.7 Å². The van der Waals surface area contributed by atoms with Crippen LogP contribution in [0.1, 0.15) is 40.4 Å². The Morgan fingerprint density at radius 1 is 1.17 bits per heavy atom. The second kappa shape index (κ2) is 9.44. The predicted octanol–water partition coefficient (Wildman–Crippen LogP) is 2.42. The maximum atomic E-state index is 13.9. The Morgan fingerprint density at radius 3 is 2.67 bits per heavy atom. The minimum atomic E-state index is -0.626. The molecule has 0 aliphatic heterocycles. The summed E-state index contributed by atoms with van der Waals surface area (Å²) in [5.41, 5.74) is 8.26. The van der Waals surface area contributed by atoms with Gasteiger partial charge in [-0.15, -0.1) is 11.3 Å². The quantitative estimate of drug-likeness (QED) is 0.365. The van der Waals surface area contributed by atoms with E-state index in [1.807, 2.05) is 37.4 Å². The number of hydrogen-bond donors (Lipinski definition) is 2. The minimum absolute atomic E-state index is 0.00694. The second-order valence-corrected chi connectivity index (χ2v) is 8.76. The maximum absolute atomic E-state index is 13.9. The molecule has 0 aliphatic rings. The van der Waals surface area contributed by atoms with Gasteiger partial charge in [-0.3, -0.25) is 14.3 Å². The molecule has 10 nitrogen and oxygen atoms in total. The molecule has 1 unspecified atom stereocenters. The Balaban J connectivity index is 1.62. The van der Waals surface area contributed by atoms with Crippen LogP contribution in [0, 0.1) is 11.8 Å². The smallest absolute Gasteiger partial charge is 0.274 e. The van der Waals surface area contributed by atoms with E-state index in [0.29, 0.717) is 27.5 Å². The summed E-state index contributed by atoms with van der Waals surface area (Å²) in [5, 5.41) is 8.75. The molecule has 36 heavy (non-hydrogen) atoms. The van der Waals surface area contributed by atoms with Crippen molar-refractivity contribution < 1.29 is 4.79 Å². The topological polar surface area (TPSA) is 133 Å². The molecule has 0 saturated carbocycles. The lowest BCUT2D eigenvalue weighted by atomic mass is 10.0. The van der Waals surface area contributed by atoms with Crippen LogP contribution in [0.4, 0.5) is 5.82 Å². The molecule has 5 rings (SSSR count). The number of benzene rings is 1. The van der Waals surface area contributed by atoms with Crippen molar-refractivity contribution in [1.82, 2.24) is 34.4 Å². The number of nitrogens with two attached hydrogens (primary N) is 1. The first-order valence-electron chi connectivity index (χ1n) is 10.9. The SMILES string of the molecule is CC(NC(=O)c1nccnc1N)c1nc2scc(C#Cc3cnn(C)c3)n2c(=O)c1-c1ccccc1. The van der Waals surface area contributed by atoms with Gasteiger partial charge in [0.2, 0.25) is 0 Å². The number of fused-ring (bicyclic) bond motifs is 1. The summed E-state index contributed by atoms with van der Waals surface area (Å²) in [6, 6.07) is 8.58. The summed E-state index contributed by atoms with van der Waals surface area (Å²) < 4.78 is 3.16. The molecule has 1 atom stereocenters. The molecule has 0 fully saturated rings. The molecule has 0 saturated heterocycles. The van der Waals surface area contributed by atoms with E-state index in [0.717, 1.165) is 5.56 Å². The van der Waals surface area contributed by atoms with Crippen molar-refractivity contribution in [2.75, 3.05) is 5.73 Å². The standard InChI is InChI=1S/C25H20N8O2S/c1-15(30-23(34)21-22(26)28-11-10-27-21)20-19(17-6-4-3-5-7-17)24(35)33-18(14-36-25(33)31-20)9-8-16-12-29-32(2)13-16/h3-7,10-15H,1-2H3,(H2,26,28)(H,30,34). The van der Waals surface area contributed by atoms with Crippen molar-refractivity contribution in [3.05, 3.63) is 93.5 Å². The first-order valence-corrected chi connectivity index (χ1v) is 11.8. The third kappa shape index (κ3) is 4.33. The lowest BCUT2D eigenvalue weighted by Crippen LogP contribution is -2.31. The summed E-state index contributed by atoms with van der Waals surface area (Å²) in [6.45, 7) is 1.76. The highest BCUT2D eigenvalue weighted by molar-refractivity contribution is 7.15. The Kier molecular flexibility index (Phi) is 6.02. The molecular weight excluding hydrogens is 476 g/mol. The summed E-state index contributed by atoms with van der Waals surface area (Å²) in [7, 11) is 1.81. The fraction of sp³-hybridized carbons (Fsp3) is 0.120. The van der Waals surface area contributed by atoms with E-state index in [2.05, 4.69) is 32.2 Å². The third-order valence-corrected chi connectivity index (χ3v) is 6.22. The van der Waals surface area contributed by atoms with Crippen LogP contribution in [-0.2, 0) is 7.05 Å². The molecule has 0 aliphatic carbocycles. The highest BCUT2D eigenvalue weighted by Crippen LogP contribution is 2.26. The van der Waals surface area contributed by atoms with E-state index >= 15 is 0 Å². The maximum Gasteiger partial charge on any atom is 0.274 e. The van der Waals surface area contributed by atoms with Crippen molar-refractivity contribution in [1.29, 1.82) is 0 Å². The van der Waals surface area contributed by atoms with Crippen LogP contribution in [-0.4, -0.2) is 35.0 Å². The van der Waals surface area contributed by atoms with Crippen molar-refractivity contribution in [2.45, 2.75) is 13.0 Å². The van der Waals surface area contributed by atoms with Crippen molar-refractivity contribution in [3.63, 3.8) is 0 Å². The van der Waals surface area contributed by atoms with Gasteiger partial charge in [-0.05, 0) is 18.4 Å². The lowest BCUT2D eigenvalue weighted by molar-refractivity contribution is 0.0935. The zero-order valence-electron chi connectivity index (χ0n) is 19.3. The van der Waals surface area contributed by atoms with Crippen LogP contribution in [0.5, 0.6) is 0 Å². The number of thiazole rings is 1. The van der Waals surface area contributed by atoms with Gasteiger partial charge < -0.3 is 11.1 Å². The molecule has 0 bridgehead atoms. The van der Waals surface area contributed by atoms with Crippen LogP contribution in [0.3, 0.4) is 0 Å². The lowest BCUT2D eigenvalue weighted by Gasteiger charge is -2.17. The Morgan fingerprint density at radius 2 is 1.94 bits per heavy atom. The monoisotopic (exact) mass is 496 g/mol. The molecule has 0 spiro atoms. The molecule has 0 radical (unpaired) electrons. The van der Waals surface area contributed by atoms with Crippen molar-refractivity contribution in [3.8, 4) is 23.0 Å². The summed E-state index contributed by atoms with van der Waals surface area (Å²) in [5.74, 6) is 5.60. The van der Waals surface area contributed by atoms with Gasteiger partial charge in [-0.1, -0.05) is 36.3 Å². The van der Waals surface area contributed by atoms with E-state index in [-0.39, 0.29) is 17.1 Å². The normalized spacial score (nSPS) is 11.6. The number of nitrogen functional groups attached to an aromatic ring is 1. The molecule has 1 aromatic carbocycles. The van der Waals surface area contributed by atoms with Gasteiger partial charge in [0, 0.05) is 31.0 Å². The second-order valence-electron chi connectivity index (χ2n) is 7.92. The average Bonchev–Trinajstić information content (AvgIpc) is 3.49. The zero-order chi connectivity index (χ0) is 25.2. The number of aryl methyl sites for hydroxylation is 1. The number of amides is 1. The van der Waals surface area contributed by atoms with Gasteiger partial charge in [0.05, 0.1) is 29.1 Å². The molecule has 1 amide bonds. The van der Waals surface area contributed by atoms with Crippen LogP contribution in [0.15, 0.2) is 65.3 Å². The molecule has 11 heteroatoms. The molecule has 5 aromatic rings. The molecule has 4 heterocycles. The summed E-state index contributed by atoms with van der Waals surface area (Å²) in [4.78, 5) is 39.9. The molecular formula is C25H20N8O2S. The van der Waals surface area contributed by atoms with Gasteiger partial charge >= 0.3 is 0 Å². The van der Waals surface area contributed by atoms with Gasteiger partial charge in [0.1, 0.15) is 5.69 Å². The Hall–Kier alpha value is -4.82. The molecule has 3 N–H and O–H groups in total. The average molecular weight is 497 g/mol. The highest BCUT2D eigenvalue weighted by Gasteiger charge is 2.24. The number of aromatic nitrogens is 6. The number of carbonyl (C=O) groups excluding carboxylic acids is 1. The fourth-order valence-electron chi connectivity index (χ4n) is 3.72. The van der Waals surface area contributed by atoms with Crippen molar-refractivity contribution in [2.24, 2.45) is 7.05 Å². The van der Waals surface area contributed by atoms with Crippen molar-refractivity contribution >= 4 is 28.0 Å². The van der Waals surface area contributed by atoms with Crippen LogP contribution in [0.2, 0.25) is 0 Å². The van der Waals surface area contributed by atoms with E-state index < -0.39 is 11.9 Å². The fourth-order valence-corrected chi connectivity index (χ4v) is 4.54. The predicted molar refractivity (Wildman–Crippen MR) is 136 cm³/mol. The van der Waals surface area contributed by atoms with E-state index in [1.165, 1.54) is 28.1 Å². The molecule has 4 aromatic heterocycles. The first-order chi connectivity index (χ1) is 17.4. The third-order valence-electron chi connectivity index (χ3n) is 5.40. The zero-order valence-corrected chi connectivity index (χ0v) is 20.2. The first kappa shape index (κ1) is 22.9. The number of nitrogens with zero attached hydrogens (tertiary/aromatic N) is 6. The van der Waals surface area contributed by atoms with Crippen LogP contribution in [0.25, 0.3) is 16.1 Å². The number of rotatable bonds is 4. The number of anilines is 1. The highest BCUT2D eigenvalue weighted by atomic mass is 32.1. The summed E-state index contributed by atoms with van der Waals surface area (Å²) >= 11 is 1.30. The minimum Gasteiger partial charge on any atom is -0.382 e. The number of carbonyl (C=O) groups is 1. The van der Waals surface area contributed by atoms with Gasteiger partial charge in [0.25, 0.3) is 11.5 Å². The number of nitrogens with one attached hydrogen (secondary N) is 1. The van der Waals surface area contributed by atoms with Gasteiger partial charge in [-0.25, -0.2) is 19.4 Å². The largest absolute Gasteiger partial charge is 0.382 e. The van der Waals surface area contributed by atoms with E-state index in [9.17, 15) is 9.59 Å². The van der Waals surface area contributed by atoms with E-state index in [1.54, 1.807) is 29.4 Å². The Bertz CT molecular complexity index is 1710.